The van der Waals surface area contributed by atoms with Crippen LogP contribution in [-0.4, -0.2) is 35.4 Å². The molecule has 24 heavy (non-hydrogen) atoms. The molecule has 0 radical (unpaired) electrons. The fourth-order valence-electron chi connectivity index (χ4n) is 3.63. The van der Waals surface area contributed by atoms with E-state index < -0.39 is 11.6 Å². The highest BCUT2D eigenvalue weighted by atomic mass is 32.1. The van der Waals surface area contributed by atoms with Gasteiger partial charge in [-0.05, 0) is 36.9 Å². The topological polar surface area (TPSA) is 45.2 Å². The number of hydrogen-bond acceptors (Lipinski definition) is 4. The Morgan fingerprint density at radius 1 is 1.33 bits per heavy atom. The van der Waals surface area contributed by atoms with Crippen LogP contribution in [0.1, 0.15) is 16.1 Å². The van der Waals surface area contributed by atoms with Gasteiger partial charge in [-0.2, -0.15) is 0 Å². The lowest BCUT2D eigenvalue weighted by atomic mass is 10.1. The molecule has 2 heterocycles. The van der Waals surface area contributed by atoms with Crippen molar-refractivity contribution in [1.29, 1.82) is 0 Å². The van der Waals surface area contributed by atoms with Gasteiger partial charge in [-0.25, -0.2) is 13.8 Å². The second kappa shape index (κ2) is 6.22. The molecule has 0 bridgehead atoms. The molecule has 126 valence electrons. The molecule has 1 aromatic carbocycles. The number of piperidine rings is 1. The van der Waals surface area contributed by atoms with E-state index in [4.69, 9.17) is 0 Å². The van der Waals surface area contributed by atoms with Crippen molar-refractivity contribution >= 4 is 17.2 Å². The van der Waals surface area contributed by atoms with Crippen LogP contribution < -0.4 is 5.32 Å². The van der Waals surface area contributed by atoms with Crippen LogP contribution >= 0.6 is 11.3 Å². The van der Waals surface area contributed by atoms with E-state index in [9.17, 15) is 13.6 Å². The first-order chi connectivity index (χ1) is 11.6. The number of halogens is 2. The highest BCUT2D eigenvalue weighted by molar-refractivity contribution is 7.07. The van der Waals surface area contributed by atoms with Crippen LogP contribution in [0.2, 0.25) is 0 Å². The predicted molar refractivity (Wildman–Crippen MR) is 86.6 cm³/mol. The predicted octanol–water partition coefficient (Wildman–Crippen LogP) is 2.53. The van der Waals surface area contributed by atoms with E-state index in [-0.39, 0.29) is 12.5 Å². The average molecular weight is 349 g/mol. The molecule has 1 N–H and O–H groups in total. The number of benzene rings is 1. The Balaban J connectivity index is 1.54. The zero-order valence-electron chi connectivity index (χ0n) is 12.9. The smallest absolute Gasteiger partial charge is 0.273 e. The molecule has 1 aliphatic heterocycles. The molecular weight excluding hydrogens is 332 g/mol. The lowest BCUT2D eigenvalue weighted by Gasteiger charge is -2.23. The highest BCUT2D eigenvalue weighted by Crippen LogP contribution is 2.49. The van der Waals surface area contributed by atoms with Gasteiger partial charge in [0.05, 0.1) is 5.51 Å². The van der Waals surface area contributed by atoms with Crippen LogP contribution in [0.15, 0.2) is 29.1 Å². The number of carbonyl (C=O) groups excluding carboxylic acids is 1. The fraction of sp³-hybridized carbons (Fsp3) is 0.412. The first-order valence-electron chi connectivity index (χ1n) is 7.95. The third kappa shape index (κ3) is 2.93. The van der Waals surface area contributed by atoms with Gasteiger partial charge in [0.15, 0.2) is 0 Å². The van der Waals surface area contributed by atoms with Gasteiger partial charge in [-0.1, -0.05) is 6.07 Å². The Bertz CT molecular complexity index is 742. The Kier molecular flexibility index (Phi) is 4.05. The molecule has 1 saturated carbocycles. The number of fused-ring (bicyclic) bond motifs is 1. The number of thiazole rings is 1. The quantitative estimate of drug-likeness (QED) is 0.902. The monoisotopic (exact) mass is 349 g/mol. The minimum absolute atomic E-state index is 0.131. The standard InChI is InChI=1S/C17H17F2N3OS/c18-11-2-1-10(15(19)3-11)6-22(17(23)16-8-24-9-21-16)7-14-12-4-20-5-13(12)14/h1-3,8-9,12-14,20H,4-7H2. The van der Waals surface area contributed by atoms with Gasteiger partial charge in [0.2, 0.25) is 0 Å². The van der Waals surface area contributed by atoms with Crippen molar-refractivity contribution in [3.63, 3.8) is 0 Å². The maximum atomic E-state index is 14.0. The molecule has 4 rings (SSSR count). The van der Waals surface area contributed by atoms with Gasteiger partial charge < -0.3 is 10.2 Å². The van der Waals surface area contributed by atoms with E-state index in [0.717, 1.165) is 19.2 Å². The first-order valence-corrected chi connectivity index (χ1v) is 8.90. The van der Waals surface area contributed by atoms with Crippen LogP contribution in [0, 0.1) is 29.4 Å². The second-order valence-corrected chi connectivity index (χ2v) is 7.16. The van der Waals surface area contributed by atoms with Crippen LogP contribution in [0.5, 0.6) is 0 Å². The molecule has 1 saturated heterocycles. The molecule has 7 heteroatoms. The number of aromatic nitrogens is 1. The lowest BCUT2D eigenvalue weighted by Crippen LogP contribution is -2.34. The van der Waals surface area contributed by atoms with Crippen molar-refractivity contribution < 1.29 is 13.6 Å². The normalized spacial score (nSPS) is 24.7. The average Bonchev–Trinajstić information content (AvgIpc) is 3.01. The Morgan fingerprint density at radius 3 is 2.79 bits per heavy atom. The maximum Gasteiger partial charge on any atom is 0.273 e. The van der Waals surface area contributed by atoms with Crippen molar-refractivity contribution in [2.45, 2.75) is 6.54 Å². The summed E-state index contributed by atoms with van der Waals surface area (Å²) >= 11 is 1.36. The van der Waals surface area contributed by atoms with E-state index in [2.05, 4.69) is 10.3 Å². The Labute approximate surface area is 142 Å². The van der Waals surface area contributed by atoms with Crippen molar-refractivity contribution in [2.24, 2.45) is 17.8 Å². The summed E-state index contributed by atoms with van der Waals surface area (Å²) in [5, 5.41) is 5.03. The van der Waals surface area contributed by atoms with E-state index in [0.29, 0.717) is 35.6 Å². The summed E-state index contributed by atoms with van der Waals surface area (Å²) in [5.41, 5.74) is 2.31. The number of hydrogen-bond donors (Lipinski definition) is 1. The van der Waals surface area contributed by atoms with Crippen molar-refractivity contribution in [3.8, 4) is 0 Å². The van der Waals surface area contributed by atoms with E-state index >= 15 is 0 Å². The van der Waals surface area contributed by atoms with E-state index in [1.165, 1.54) is 23.5 Å². The Morgan fingerprint density at radius 2 is 2.12 bits per heavy atom. The number of carbonyl (C=O) groups is 1. The van der Waals surface area contributed by atoms with Gasteiger partial charge in [0.25, 0.3) is 5.91 Å². The maximum absolute atomic E-state index is 14.0. The molecule has 2 fully saturated rings. The number of rotatable bonds is 5. The minimum atomic E-state index is -0.622. The summed E-state index contributed by atoms with van der Waals surface area (Å²) in [6, 6.07) is 3.48. The molecule has 1 amide bonds. The van der Waals surface area contributed by atoms with Gasteiger partial charge in [0, 0.05) is 30.1 Å². The van der Waals surface area contributed by atoms with E-state index in [1.807, 2.05) is 0 Å². The summed E-state index contributed by atoms with van der Waals surface area (Å²) < 4.78 is 27.1. The molecular formula is C17H17F2N3OS. The molecule has 4 nitrogen and oxygen atoms in total. The van der Waals surface area contributed by atoms with Crippen molar-refractivity contribution in [2.75, 3.05) is 19.6 Å². The second-order valence-electron chi connectivity index (χ2n) is 6.44. The fourth-order valence-corrected chi connectivity index (χ4v) is 4.15. The molecule has 2 atom stereocenters. The third-order valence-corrected chi connectivity index (χ3v) is 5.60. The number of nitrogens with one attached hydrogen (secondary N) is 1. The molecule has 1 aromatic heterocycles. The van der Waals surface area contributed by atoms with Gasteiger partial charge in [-0.3, -0.25) is 4.79 Å². The zero-order valence-corrected chi connectivity index (χ0v) is 13.7. The molecule has 0 spiro atoms. The summed E-state index contributed by atoms with van der Waals surface area (Å²) in [5.74, 6) is 0.234. The summed E-state index contributed by atoms with van der Waals surface area (Å²) in [4.78, 5) is 18.5. The SMILES string of the molecule is O=C(c1cscn1)N(Cc1ccc(F)cc1F)CC1C2CNCC21. The number of nitrogens with zero attached hydrogens (tertiary/aromatic N) is 2. The van der Waals surface area contributed by atoms with Crippen molar-refractivity contribution in [3.05, 3.63) is 52.0 Å². The van der Waals surface area contributed by atoms with Gasteiger partial charge >= 0.3 is 0 Å². The van der Waals surface area contributed by atoms with Crippen molar-refractivity contribution in [1.82, 2.24) is 15.2 Å². The number of amides is 1. The minimum Gasteiger partial charge on any atom is -0.333 e. The largest absolute Gasteiger partial charge is 0.333 e. The molecule has 2 aliphatic rings. The van der Waals surface area contributed by atoms with Crippen LogP contribution in [0.3, 0.4) is 0 Å². The molecule has 1 aliphatic carbocycles. The Hall–Kier alpha value is -1.86. The summed E-state index contributed by atoms with van der Waals surface area (Å²) in [6.45, 7) is 2.69. The highest BCUT2D eigenvalue weighted by Gasteiger charge is 2.53. The van der Waals surface area contributed by atoms with Gasteiger partial charge in [0.1, 0.15) is 17.3 Å². The zero-order chi connectivity index (χ0) is 16.7. The summed E-state index contributed by atoms with van der Waals surface area (Å²) in [6.07, 6.45) is 0. The molecule has 2 aromatic rings. The van der Waals surface area contributed by atoms with Crippen LogP contribution in [-0.2, 0) is 6.54 Å². The lowest BCUT2D eigenvalue weighted by molar-refractivity contribution is 0.0722. The third-order valence-electron chi connectivity index (χ3n) is 5.02. The summed E-state index contributed by atoms with van der Waals surface area (Å²) in [7, 11) is 0. The van der Waals surface area contributed by atoms with Crippen LogP contribution in [0.4, 0.5) is 8.78 Å². The molecule has 2 unspecified atom stereocenters. The van der Waals surface area contributed by atoms with E-state index in [1.54, 1.807) is 15.8 Å². The van der Waals surface area contributed by atoms with Gasteiger partial charge in [-0.15, -0.1) is 11.3 Å². The first kappa shape index (κ1) is 15.7. The van der Waals surface area contributed by atoms with Crippen LogP contribution in [0.25, 0.3) is 0 Å².